The minimum atomic E-state index is -0.461. The summed E-state index contributed by atoms with van der Waals surface area (Å²) in [4.78, 5) is 37.6. The Bertz CT molecular complexity index is 1400. The standard InChI is InChI=1S/C26H20BrClN2O6S/c1-2-35-22-12-18(11-21(27)24(22)36-15-17-4-3-5-20(10-17)30(33)34)13-23-25(31)29(26(32)37-23)14-16-6-8-19(28)9-7-16/h3-13H,2,14-15H2,1H3/b23-13+. The molecule has 0 aliphatic carbocycles. The van der Waals surface area contributed by atoms with Crippen LogP contribution >= 0.6 is 39.3 Å². The lowest BCUT2D eigenvalue weighted by Gasteiger charge is -2.15. The topological polar surface area (TPSA) is 99.0 Å². The molecule has 0 saturated carbocycles. The fourth-order valence-electron chi connectivity index (χ4n) is 3.55. The van der Waals surface area contributed by atoms with Gasteiger partial charge >= 0.3 is 0 Å². The van der Waals surface area contributed by atoms with Gasteiger partial charge in [-0.05, 0) is 81.6 Å². The van der Waals surface area contributed by atoms with Gasteiger partial charge in [0.05, 0.1) is 27.5 Å². The van der Waals surface area contributed by atoms with Crippen LogP contribution in [0.2, 0.25) is 5.02 Å². The zero-order valence-corrected chi connectivity index (χ0v) is 22.6. The number of hydrogen-bond donors (Lipinski definition) is 0. The number of non-ortho nitro benzene ring substituents is 1. The average Bonchev–Trinajstić information content (AvgIpc) is 3.12. The zero-order valence-electron chi connectivity index (χ0n) is 19.5. The first-order chi connectivity index (χ1) is 17.7. The molecule has 11 heteroatoms. The molecule has 2 amide bonds. The maximum absolute atomic E-state index is 13.0. The highest BCUT2D eigenvalue weighted by Crippen LogP contribution is 2.40. The maximum atomic E-state index is 13.0. The maximum Gasteiger partial charge on any atom is 0.293 e. The molecule has 0 aromatic heterocycles. The zero-order chi connectivity index (χ0) is 26.5. The van der Waals surface area contributed by atoms with Gasteiger partial charge in [-0.3, -0.25) is 24.6 Å². The van der Waals surface area contributed by atoms with Crippen LogP contribution in [0.5, 0.6) is 11.5 Å². The highest BCUT2D eigenvalue weighted by Gasteiger charge is 2.35. The lowest BCUT2D eigenvalue weighted by Crippen LogP contribution is -2.27. The Morgan fingerprint density at radius 3 is 2.54 bits per heavy atom. The number of amides is 2. The summed E-state index contributed by atoms with van der Waals surface area (Å²) in [5.41, 5.74) is 2.03. The average molecular weight is 604 g/mol. The Morgan fingerprint density at radius 2 is 1.84 bits per heavy atom. The summed E-state index contributed by atoms with van der Waals surface area (Å²) in [6, 6.07) is 16.6. The molecule has 1 aliphatic rings. The number of ether oxygens (including phenoxy) is 2. The number of benzene rings is 3. The van der Waals surface area contributed by atoms with Gasteiger partial charge in [0.15, 0.2) is 11.5 Å². The lowest BCUT2D eigenvalue weighted by atomic mass is 10.1. The molecule has 0 bridgehead atoms. The van der Waals surface area contributed by atoms with E-state index < -0.39 is 4.92 Å². The van der Waals surface area contributed by atoms with Gasteiger partial charge in [0, 0.05) is 17.2 Å². The molecule has 190 valence electrons. The van der Waals surface area contributed by atoms with Crippen LogP contribution in [0.4, 0.5) is 10.5 Å². The van der Waals surface area contributed by atoms with Crippen LogP contribution in [-0.4, -0.2) is 27.6 Å². The number of nitro groups is 1. The van der Waals surface area contributed by atoms with Crippen molar-refractivity contribution in [1.29, 1.82) is 0 Å². The predicted octanol–water partition coefficient (Wildman–Crippen LogP) is 7.22. The molecular formula is C26H20BrClN2O6S. The van der Waals surface area contributed by atoms with Gasteiger partial charge in [-0.2, -0.15) is 0 Å². The molecular weight excluding hydrogens is 584 g/mol. The number of imide groups is 1. The molecule has 1 aliphatic heterocycles. The first kappa shape index (κ1) is 26.7. The van der Waals surface area contributed by atoms with Gasteiger partial charge in [-0.25, -0.2) is 0 Å². The van der Waals surface area contributed by atoms with E-state index in [0.29, 0.717) is 43.6 Å². The van der Waals surface area contributed by atoms with Crippen LogP contribution in [0.15, 0.2) is 70.0 Å². The van der Waals surface area contributed by atoms with E-state index in [0.717, 1.165) is 17.3 Å². The number of carbonyl (C=O) groups excluding carboxylic acids is 2. The molecule has 1 heterocycles. The molecule has 0 N–H and O–H groups in total. The van der Waals surface area contributed by atoms with Crippen molar-refractivity contribution in [2.24, 2.45) is 0 Å². The first-order valence-corrected chi connectivity index (χ1v) is 13.1. The molecule has 3 aromatic carbocycles. The van der Waals surface area contributed by atoms with Crippen LogP contribution in [0.25, 0.3) is 6.08 Å². The van der Waals surface area contributed by atoms with E-state index in [9.17, 15) is 19.7 Å². The van der Waals surface area contributed by atoms with E-state index in [1.807, 2.05) is 6.92 Å². The van der Waals surface area contributed by atoms with Crippen LogP contribution in [-0.2, 0) is 17.9 Å². The number of carbonyl (C=O) groups is 2. The molecule has 37 heavy (non-hydrogen) atoms. The van der Waals surface area contributed by atoms with E-state index in [4.69, 9.17) is 21.1 Å². The largest absolute Gasteiger partial charge is 0.490 e. The molecule has 0 atom stereocenters. The quantitative estimate of drug-likeness (QED) is 0.145. The Hall–Kier alpha value is -3.34. The van der Waals surface area contributed by atoms with Gasteiger partial charge in [-0.15, -0.1) is 0 Å². The fraction of sp³-hybridized carbons (Fsp3) is 0.154. The second-order valence-electron chi connectivity index (χ2n) is 7.87. The van der Waals surface area contributed by atoms with E-state index >= 15 is 0 Å². The highest BCUT2D eigenvalue weighted by molar-refractivity contribution is 9.10. The van der Waals surface area contributed by atoms with Crippen LogP contribution in [0.3, 0.4) is 0 Å². The summed E-state index contributed by atoms with van der Waals surface area (Å²) in [7, 11) is 0. The number of halogens is 2. The summed E-state index contributed by atoms with van der Waals surface area (Å²) in [5, 5.41) is 11.3. The summed E-state index contributed by atoms with van der Waals surface area (Å²) in [6.07, 6.45) is 1.63. The van der Waals surface area contributed by atoms with Crippen molar-refractivity contribution < 1.29 is 24.0 Å². The van der Waals surface area contributed by atoms with Crippen molar-refractivity contribution in [2.45, 2.75) is 20.1 Å². The van der Waals surface area contributed by atoms with Gasteiger partial charge in [0.2, 0.25) is 0 Å². The van der Waals surface area contributed by atoms with Crippen LogP contribution in [0.1, 0.15) is 23.6 Å². The molecule has 0 spiro atoms. The van der Waals surface area contributed by atoms with E-state index in [1.165, 1.54) is 17.0 Å². The number of nitro benzene ring substituents is 1. The fourth-order valence-corrected chi connectivity index (χ4v) is 5.09. The summed E-state index contributed by atoms with van der Waals surface area (Å²) >= 11 is 10.3. The van der Waals surface area contributed by atoms with Gasteiger partial charge in [-0.1, -0.05) is 35.9 Å². The Kier molecular flexibility index (Phi) is 8.52. The SMILES string of the molecule is CCOc1cc(/C=C2/SC(=O)N(Cc3ccc(Cl)cc3)C2=O)cc(Br)c1OCc1cccc([N+](=O)[O-])c1. The third-order valence-corrected chi connectivity index (χ3v) is 7.01. The second kappa shape index (κ2) is 11.8. The Morgan fingerprint density at radius 1 is 1.08 bits per heavy atom. The Balaban J connectivity index is 1.54. The predicted molar refractivity (Wildman–Crippen MR) is 146 cm³/mol. The summed E-state index contributed by atoms with van der Waals surface area (Å²) < 4.78 is 12.3. The minimum absolute atomic E-state index is 0.0226. The lowest BCUT2D eigenvalue weighted by molar-refractivity contribution is -0.384. The number of rotatable bonds is 9. The highest BCUT2D eigenvalue weighted by atomic mass is 79.9. The van der Waals surface area contributed by atoms with E-state index in [2.05, 4.69) is 15.9 Å². The number of nitrogens with zero attached hydrogens (tertiary/aromatic N) is 2. The third-order valence-electron chi connectivity index (χ3n) is 5.26. The van der Waals surface area contributed by atoms with Gasteiger partial charge < -0.3 is 9.47 Å². The first-order valence-electron chi connectivity index (χ1n) is 11.1. The van der Waals surface area contributed by atoms with Gasteiger partial charge in [0.1, 0.15) is 6.61 Å². The Labute approximate surface area is 230 Å². The monoisotopic (exact) mass is 602 g/mol. The van der Waals surface area contributed by atoms with Crippen LogP contribution < -0.4 is 9.47 Å². The molecule has 1 fully saturated rings. The minimum Gasteiger partial charge on any atom is -0.490 e. The second-order valence-corrected chi connectivity index (χ2v) is 10.2. The number of hydrogen-bond acceptors (Lipinski definition) is 7. The molecule has 0 unspecified atom stereocenters. The van der Waals surface area contributed by atoms with Gasteiger partial charge in [0.25, 0.3) is 16.8 Å². The number of thioether (sulfide) groups is 1. The normalized spacial score (nSPS) is 14.4. The van der Waals surface area contributed by atoms with Crippen molar-refractivity contribution in [3.8, 4) is 11.5 Å². The summed E-state index contributed by atoms with van der Waals surface area (Å²) in [5.74, 6) is 0.459. The molecule has 1 saturated heterocycles. The van der Waals surface area contributed by atoms with Crippen molar-refractivity contribution in [2.75, 3.05) is 6.61 Å². The molecule has 4 rings (SSSR count). The molecule has 8 nitrogen and oxygen atoms in total. The third kappa shape index (κ3) is 6.51. The van der Waals surface area contributed by atoms with Crippen LogP contribution in [0, 0.1) is 10.1 Å². The van der Waals surface area contributed by atoms with Crippen molar-refractivity contribution >= 4 is 62.2 Å². The van der Waals surface area contributed by atoms with Crippen molar-refractivity contribution in [3.05, 3.63) is 102 Å². The van der Waals surface area contributed by atoms with Crippen molar-refractivity contribution in [3.63, 3.8) is 0 Å². The van der Waals surface area contributed by atoms with Crippen molar-refractivity contribution in [1.82, 2.24) is 4.90 Å². The van der Waals surface area contributed by atoms with E-state index in [-0.39, 0.29) is 30.0 Å². The smallest absolute Gasteiger partial charge is 0.293 e. The van der Waals surface area contributed by atoms with E-state index in [1.54, 1.807) is 54.6 Å². The summed E-state index contributed by atoms with van der Waals surface area (Å²) in [6.45, 7) is 2.43. The molecule has 3 aromatic rings. The molecule has 0 radical (unpaired) electrons.